The summed E-state index contributed by atoms with van der Waals surface area (Å²) in [7, 11) is 4.70. The first kappa shape index (κ1) is 25.7. The Hall–Kier alpha value is -3.37. The van der Waals surface area contributed by atoms with Gasteiger partial charge >= 0.3 is 5.97 Å². The zero-order valence-electron chi connectivity index (χ0n) is 20.5. The zero-order chi connectivity index (χ0) is 26.0. The Bertz CT molecular complexity index is 1520. The van der Waals surface area contributed by atoms with E-state index >= 15 is 0 Å². The molecule has 36 heavy (non-hydrogen) atoms. The number of nitrogens with zero attached hydrogens (tertiary/aromatic N) is 2. The van der Waals surface area contributed by atoms with Crippen LogP contribution < -0.4 is 29.1 Å². The van der Waals surface area contributed by atoms with Crippen LogP contribution in [0.5, 0.6) is 17.2 Å². The number of hydrogen-bond donors (Lipinski definition) is 0. The highest BCUT2D eigenvalue weighted by Crippen LogP contribution is 2.34. The van der Waals surface area contributed by atoms with E-state index in [4.69, 9.17) is 18.9 Å². The molecule has 0 spiro atoms. The third-order valence-corrected chi connectivity index (χ3v) is 7.41. The molecule has 1 aliphatic heterocycles. The number of esters is 1. The van der Waals surface area contributed by atoms with E-state index in [0.717, 1.165) is 15.6 Å². The van der Waals surface area contributed by atoms with Crippen LogP contribution in [-0.4, -0.2) is 38.5 Å². The van der Waals surface area contributed by atoms with Crippen LogP contribution in [0.1, 0.15) is 31.0 Å². The number of carbonyl (C=O) groups excluding carboxylic acids is 1. The lowest BCUT2D eigenvalue weighted by Gasteiger charge is -2.24. The summed E-state index contributed by atoms with van der Waals surface area (Å²) in [5, 5.41) is 0. The van der Waals surface area contributed by atoms with E-state index in [1.165, 1.54) is 11.3 Å². The molecule has 8 nitrogen and oxygen atoms in total. The van der Waals surface area contributed by atoms with Gasteiger partial charge in [-0.15, -0.1) is 0 Å². The molecule has 2 heterocycles. The van der Waals surface area contributed by atoms with Crippen LogP contribution in [0.2, 0.25) is 0 Å². The van der Waals surface area contributed by atoms with Crippen molar-refractivity contribution in [1.82, 2.24) is 4.57 Å². The standard InChI is InChI=1S/C26H25BrN2O6S/c1-6-35-25(31)22-14(2)28-26-29(23(22)15-7-9-17(32-3)10-8-15)24(30)21(36-26)12-16-11-19(33-4)20(34-5)13-18(16)27/h7-13,23H,6H2,1-5H3. The second kappa shape index (κ2) is 10.7. The molecule has 0 bridgehead atoms. The number of benzene rings is 2. The molecule has 3 aromatic rings. The average molecular weight is 573 g/mol. The van der Waals surface area contributed by atoms with E-state index in [1.807, 2.05) is 12.1 Å². The fourth-order valence-corrected chi connectivity index (χ4v) is 5.49. The minimum atomic E-state index is -0.692. The summed E-state index contributed by atoms with van der Waals surface area (Å²) in [6.45, 7) is 3.71. The van der Waals surface area contributed by atoms with Crippen molar-refractivity contribution < 1.29 is 23.7 Å². The maximum atomic E-state index is 13.8. The van der Waals surface area contributed by atoms with Crippen molar-refractivity contribution in [3.63, 3.8) is 0 Å². The molecule has 188 valence electrons. The number of rotatable bonds is 7. The van der Waals surface area contributed by atoms with Crippen LogP contribution in [0, 0.1) is 0 Å². The van der Waals surface area contributed by atoms with Crippen LogP contribution in [0.3, 0.4) is 0 Å². The van der Waals surface area contributed by atoms with E-state index in [0.29, 0.717) is 37.9 Å². The lowest BCUT2D eigenvalue weighted by Crippen LogP contribution is -2.39. The molecule has 0 fully saturated rings. The highest BCUT2D eigenvalue weighted by atomic mass is 79.9. The zero-order valence-corrected chi connectivity index (χ0v) is 22.9. The predicted molar refractivity (Wildman–Crippen MR) is 141 cm³/mol. The largest absolute Gasteiger partial charge is 0.497 e. The first-order chi connectivity index (χ1) is 17.3. The van der Waals surface area contributed by atoms with Gasteiger partial charge in [0.15, 0.2) is 16.3 Å². The number of carbonyl (C=O) groups is 1. The normalized spacial score (nSPS) is 15.3. The minimum Gasteiger partial charge on any atom is -0.497 e. The summed E-state index contributed by atoms with van der Waals surface area (Å²) in [6.07, 6.45) is 1.77. The van der Waals surface area contributed by atoms with Gasteiger partial charge in [-0.2, -0.15) is 0 Å². The van der Waals surface area contributed by atoms with E-state index in [-0.39, 0.29) is 12.2 Å². The van der Waals surface area contributed by atoms with Crippen molar-refractivity contribution in [2.75, 3.05) is 27.9 Å². The molecule has 10 heteroatoms. The van der Waals surface area contributed by atoms with Gasteiger partial charge in [0, 0.05) is 4.47 Å². The van der Waals surface area contributed by atoms with Crippen LogP contribution in [0.25, 0.3) is 6.08 Å². The second-order valence-corrected chi connectivity index (χ2v) is 9.67. The van der Waals surface area contributed by atoms with Gasteiger partial charge in [-0.3, -0.25) is 9.36 Å². The van der Waals surface area contributed by atoms with Crippen molar-refractivity contribution in [3.05, 3.63) is 83.0 Å². The van der Waals surface area contributed by atoms with Gasteiger partial charge in [0.1, 0.15) is 5.75 Å². The summed E-state index contributed by atoms with van der Waals surface area (Å²) >= 11 is 4.80. The quantitative estimate of drug-likeness (QED) is 0.402. The van der Waals surface area contributed by atoms with Crippen molar-refractivity contribution in [2.24, 2.45) is 4.99 Å². The fraction of sp³-hybridized carbons (Fsp3) is 0.269. The van der Waals surface area contributed by atoms with Gasteiger partial charge < -0.3 is 18.9 Å². The highest BCUT2D eigenvalue weighted by molar-refractivity contribution is 9.10. The molecule has 1 atom stereocenters. The van der Waals surface area contributed by atoms with Gasteiger partial charge in [-0.1, -0.05) is 39.4 Å². The number of hydrogen-bond acceptors (Lipinski definition) is 8. The number of ether oxygens (including phenoxy) is 4. The number of allylic oxidation sites excluding steroid dienone is 1. The van der Waals surface area contributed by atoms with E-state index in [1.54, 1.807) is 70.1 Å². The van der Waals surface area contributed by atoms with Crippen molar-refractivity contribution in [3.8, 4) is 17.2 Å². The monoisotopic (exact) mass is 572 g/mol. The molecular weight excluding hydrogens is 548 g/mol. The van der Waals surface area contributed by atoms with Crippen LogP contribution in [0.4, 0.5) is 0 Å². The Labute approximate surface area is 220 Å². The molecule has 0 saturated carbocycles. The van der Waals surface area contributed by atoms with E-state index in [9.17, 15) is 9.59 Å². The third-order valence-electron chi connectivity index (χ3n) is 5.74. The number of fused-ring (bicyclic) bond motifs is 1. The first-order valence-corrected chi connectivity index (χ1v) is 12.7. The van der Waals surface area contributed by atoms with E-state index in [2.05, 4.69) is 20.9 Å². The third kappa shape index (κ3) is 4.70. The smallest absolute Gasteiger partial charge is 0.338 e. The summed E-state index contributed by atoms with van der Waals surface area (Å²) < 4.78 is 24.1. The first-order valence-electron chi connectivity index (χ1n) is 11.1. The maximum Gasteiger partial charge on any atom is 0.338 e. The summed E-state index contributed by atoms with van der Waals surface area (Å²) in [5.41, 5.74) is 2.05. The van der Waals surface area contributed by atoms with Crippen LogP contribution >= 0.6 is 27.3 Å². The molecule has 0 amide bonds. The van der Waals surface area contributed by atoms with Gasteiger partial charge in [0.05, 0.1) is 49.8 Å². The van der Waals surface area contributed by atoms with Crippen LogP contribution in [0.15, 0.2) is 61.9 Å². The van der Waals surface area contributed by atoms with Crippen molar-refractivity contribution in [1.29, 1.82) is 0 Å². The molecule has 1 unspecified atom stereocenters. The van der Waals surface area contributed by atoms with Crippen molar-refractivity contribution >= 4 is 39.3 Å². The Morgan fingerprint density at radius 3 is 2.39 bits per heavy atom. The molecular formula is C26H25BrN2O6S. The van der Waals surface area contributed by atoms with Gasteiger partial charge in [0.25, 0.3) is 5.56 Å². The number of halogens is 1. The molecule has 0 N–H and O–H groups in total. The Kier molecular flexibility index (Phi) is 7.65. The van der Waals surface area contributed by atoms with Gasteiger partial charge in [-0.05, 0) is 55.3 Å². The van der Waals surface area contributed by atoms with Crippen molar-refractivity contribution in [2.45, 2.75) is 19.9 Å². The number of aromatic nitrogens is 1. The summed E-state index contributed by atoms with van der Waals surface area (Å²) in [4.78, 5) is 31.9. The Morgan fingerprint density at radius 2 is 1.78 bits per heavy atom. The fourth-order valence-electron chi connectivity index (χ4n) is 4.01. The summed E-state index contributed by atoms with van der Waals surface area (Å²) in [6, 6.07) is 10.1. The second-order valence-electron chi connectivity index (χ2n) is 7.80. The summed E-state index contributed by atoms with van der Waals surface area (Å²) in [5.74, 6) is 1.27. The van der Waals surface area contributed by atoms with Crippen LogP contribution in [-0.2, 0) is 9.53 Å². The SMILES string of the molecule is CCOC(=O)C1=C(C)N=c2sc(=Cc3cc(OC)c(OC)cc3Br)c(=O)n2C1c1ccc(OC)cc1. The van der Waals surface area contributed by atoms with E-state index < -0.39 is 12.0 Å². The Morgan fingerprint density at radius 1 is 1.11 bits per heavy atom. The predicted octanol–water partition coefficient (Wildman–Crippen LogP) is 3.59. The molecule has 1 aliphatic rings. The van der Waals surface area contributed by atoms with Gasteiger partial charge in [-0.25, -0.2) is 9.79 Å². The Balaban J connectivity index is 1.94. The number of methoxy groups -OCH3 is 3. The molecule has 0 saturated heterocycles. The number of thiazole rings is 1. The van der Waals surface area contributed by atoms with Gasteiger partial charge in [0.2, 0.25) is 0 Å². The molecule has 1 aromatic heterocycles. The molecule has 0 aliphatic carbocycles. The average Bonchev–Trinajstić information content (AvgIpc) is 3.18. The molecule has 4 rings (SSSR count). The minimum absolute atomic E-state index is 0.211. The highest BCUT2D eigenvalue weighted by Gasteiger charge is 2.33. The molecule has 0 radical (unpaired) electrons. The molecule has 2 aromatic carbocycles. The lowest BCUT2D eigenvalue weighted by molar-refractivity contribution is -0.139. The lowest BCUT2D eigenvalue weighted by atomic mass is 9.96. The topological polar surface area (TPSA) is 88.4 Å². The maximum absolute atomic E-state index is 13.8.